The summed E-state index contributed by atoms with van der Waals surface area (Å²) in [6.07, 6.45) is 0. The van der Waals surface area contributed by atoms with Gasteiger partial charge in [-0.25, -0.2) is 0 Å². The SMILES string of the molecule is COc1ccc(NC(c2cccs2)C(C)C)cc1Br. The first kappa shape index (κ1) is 14.4. The number of benzene rings is 1. The molecule has 1 atom stereocenters. The van der Waals surface area contributed by atoms with Gasteiger partial charge in [0.15, 0.2) is 0 Å². The van der Waals surface area contributed by atoms with Gasteiger partial charge >= 0.3 is 0 Å². The molecule has 1 aromatic heterocycles. The summed E-state index contributed by atoms with van der Waals surface area (Å²) in [5, 5.41) is 5.72. The Bertz CT molecular complexity index is 525. The van der Waals surface area contributed by atoms with Crippen LogP contribution in [0.4, 0.5) is 5.69 Å². The van der Waals surface area contributed by atoms with Crippen molar-refractivity contribution in [2.75, 3.05) is 12.4 Å². The summed E-state index contributed by atoms with van der Waals surface area (Å²) in [6.45, 7) is 4.46. The predicted octanol–water partition coefficient (Wildman–Crippen LogP) is 5.33. The van der Waals surface area contributed by atoms with Crippen LogP contribution < -0.4 is 10.1 Å². The standard InChI is InChI=1S/C15H18BrNOS/c1-10(2)15(14-5-4-8-19-14)17-11-6-7-13(18-3)12(16)9-11/h4-10,15,17H,1-3H3. The van der Waals surface area contributed by atoms with Crippen molar-refractivity contribution in [3.63, 3.8) is 0 Å². The highest BCUT2D eigenvalue weighted by molar-refractivity contribution is 9.10. The molecule has 2 nitrogen and oxygen atoms in total. The van der Waals surface area contributed by atoms with Crippen LogP contribution in [-0.2, 0) is 0 Å². The van der Waals surface area contributed by atoms with Gasteiger partial charge in [-0.2, -0.15) is 0 Å². The first-order chi connectivity index (χ1) is 9.11. The third-order valence-electron chi connectivity index (χ3n) is 2.99. The van der Waals surface area contributed by atoms with E-state index in [9.17, 15) is 0 Å². The lowest BCUT2D eigenvalue weighted by Crippen LogP contribution is -2.15. The molecular formula is C15H18BrNOS. The highest BCUT2D eigenvalue weighted by Crippen LogP contribution is 2.33. The smallest absolute Gasteiger partial charge is 0.133 e. The lowest BCUT2D eigenvalue weighted by atomic mass is 10.0. The summed E-state index contributed by atoms with van der Waals surface area (Å²) < 4.78 is 6.22. The molecular weight excluding hydrogens is 322 g/mol. The van der Waals surface area contributed by atoms with E-state index in [4.69, 9.17) is 4.74 Å². The molecule has 2 aromatic rings. The van der Waals surface area contributed by atoms with Gasteiger partial charge in [-0.1, -0.05) is 19.9 Å². The Hall–Kier alpha value is -1.00. The number of anilines is 1. The molecule has 0 spiro atoms. The van der Waals surface area contributed by atoms with Crippen LogP contribution in [0.25, 0.3) is 0 Å². The molecule has 0 aliphatic heterocycles. The second kappa shape index (κ2) is 6.44. The summed E-state index contributed by atoms with van der Waals surface area (Å²) >= 11 is 5.31. The van der Waals surface area contributed by atoms with E-state index in [-0.39, 0.29) is 0 Å². The summed E-state index contributed by atoms with van der Waals surface area (Å²) in [7, 11) is 1.68. The molecule has 0 radical (unpaired) electrons. The highest BCUT2D eigenvalue weighted by Gasteiger charge is 2.16. The van der Waals surface area contributed by atoms with Crippen LogP contribution in [0.5, 0.6) is 5.75 Å². The van der Waals surface area contributed by atoms with Crippen molar-refractivity contribution in [2.45, 2.75) is 19.9 Å². The molecule has 1 heterocycles. The summed E-state index contributed by atoms with van der Waals surface area (Å²) in [4.78, 5) is 1.36. The Morgan fingerprint density at radius 3 is 2.58 bits per heavy atom. The van der Waals surface area contributed by atoms with Crippen molar-refractivity contribution in [3.8, 4) is 5.75 Å². The molecule has 2 rings (SSSR count). The fraction of sp³-hybridized carbons (Fsp3) is 0.333. The Labute approximate surface area is 126 Å². The van der Waals surface area contributed by atoms with Crippen LogP contribution in [0.3, 0.4) is 0 Å². The Kier molecular flexibility index (Phi) is 4.88. The van der Waals surface area contributed by atoms with E-state index in [1.165, 1.54) is 4.88 Å². The van der Waals surface area contributed by atoms with Crippen molar-refractivity contribution in [1.29, 1.82) is 0 Å². The normalized spacial score (nSPS) is 12.5. The van der Waals surface area contributed by atoms with Crippen molar-refractivity contribution in [2.24, 2.45) is 5.92 Å². The molecule has 1 unspecified atom stereocenters. The summed E-state index contributed by atoms with van der Waals surface area (Å²) in [5.74, 6) is 1.38. The summed E-state index contributed by atoms with van der Waals surface area (Å²) in [6, 6.07) is 10.7. The third kappa shape index (κ3) is 3.51. The second-order valence-electron chi connectivity index (χ2n) is 4.73. The zero-order chi connectivity index (χ0) is 13.8. The van der Waals surface area contributed by atoms with Crippen molar-refractivity contribution in [1.82, 2.24) is 0 Å². The molecule has 1 N–H and O–H groups in total. The van der Waals surface area contributed by atoms with E-state index in [0.717, 1.165) is 15.9 Å². The van der Waals surface area contributed by atoms with Gasteiger partial charge in [0.2, 0.25) is 0 Å². The number of methoxy groups -OCH3 is 1. The van der Waals surface area contributed by atoms with Crippen LogP contribution in [0.2, 0.25) is 0 Å². The second-order valence-corrected chi connectivity index (χ2v) is 6.56. The van der Waals surface area contributed by atoms with Gasteiger partial charge in [-0.3, -0.25) is 0 Å². The van der Waals surface area contributed by atoms with E-state index in [1.54, 1.807) is 18.4 Å². The van der Waals surface area contributed by atoms with Crippen LogP contribution in [0.15, 0.2) is 40.2 Å². The molecule has 0 aliphatic carbocycles. The average Bonchev–Trinajstić information content (AvgIpc) is 2.89. The maximum Gasteiger partial charge on any atom is 0.133 e. The van der Waals surface area contributed by atoms with Crippen LogP contribution in [0, 0.1) is 5.92 Å². The fourth-order valence-corrected chi connectivity index (χ4v) is 3.46. The number of rotatable bonds is 5. The zero-order valence-corrected chi connectivity index (χ0v) is 13.7. The number of halogens is 1. The highest BCUT2D eigenvalue weighted by atomic mass is 79.9. The topological polar surface area (TPSA) is 21.3 Å². The zero-order valence-electron chi connectivity index (χ0n) is 11.3. The van der Waals surface area contributed by atoms with Gasteiger partial charge in [-0.05, 0) is 51.5 Å². The molecule has 0 amide bonds. The van der Waals surface area contributed by atoms with Crippen LogP contribution in [0.1, 0.15) is 24.8 Å². The minimum atomic E-state index is 0.334. The lowest BCUT2D eigenvalue weighted by molar-refractivity contribution is 0.412. The van der Waals surface area contributed by atoms with Crippen LogP contribution >= 0.6 is 27.3 Å². The van der Waals surface area contributed by atoms with E-state index in [0.29, 0.717) is 12.0 Å². The van der Waals surface area contributed by atoms with Crippen molar-refractivity contribution < 1.29 is 4.74 Å². The third-order valence-corrected chi connectivity index (χ3v) is 4.57. The monoisotopic (exact) mass is 339 g/mol. The number of thiophene rings is 1. The Morgan fingerprint density at radius 2 is 2.05 bits per heavy atom. The van der Waals surface area contributed by atoms with Gasteiger partial charge in [-0.15, -0.1) is 11.3 Å². The van der Waals surface area contributed by atoms with Crippen molar-refractivity contribution >= 4 is 33.0 Å². The van der Waals surface area contributed by atoms with E-state index in [1.807, 2.05) is 12.1 Å². The molecule has 19 heavy (non-hydrogen) atoms. The molecule has 0 bridgehead atoms. The first-order valence-corrected chi connectivity index (χ1v) is 7.92. The number of hydrogen-bond donors (Lipinski definition) is 1. The van der Waals surface area contributed by atoms with Gasteiger partial charge in [0.25, 0.3) is 0 Å². The van der Waals surface area contributed by atoms with Crippen LogP contribution in [-0.4, -0.2) is 7.11 Å². The lowest BCUT2D eigenvalue weighted by Gasteiger charge is -2.23. The maximum atomic E-state index is 5.25. The molecule has 1 aromatic carbocycles. The average molecular weight is 340 g/mol. The molecule has 102 valence electrons. The molecule has 0 aliphatic rings. The predicted molar refractivity (Wildman–Crippen MR) is 86.2 cm³/mol. The summed E-state index contributed by atoms with van der Waals surface area (Å²) in [5.41, 5.74) is 1.10. The Morgan fingerprint density at radius 1 is 1.26 bits per heavy atom. The molecule has 0 saturated heterocycles. The fourth-order valence-electron chi connectivity index (χ4n) is 1.97. The minimum absolute atomic E-state index is 0.334. The first-order valence-electron chi connectivity index (χ1n) is 6.25. The molecule has 0 saturated carbocycles. The number of ether oxygens (including phenoxy) is 1. The van der Waals surface area contributed by atoms with Crippen molar-refractivity contribution in [3.05, 3.63) is 45.1 Å². The van der Waals surface area contributed by atoms with E-state index in [2.05, 4.69) is 58.7 Å². The number of nitrogens with one attached hydrogen (secondary N) is 1. The van der Waals surface area contributed by atoms with E-state index >= 15 is 0 Å². The minimum Gasteiger partial charge on any atom is -0.496 e. The maximum absolute atomic E-state index is 5.25. The largest absolute Gasteiger partial charge is 0.496 e. The van der Waals surface area contributed by atoms with Gasteiger partial charge in [0.1, 0.15) is 5.75 Å². The molecule has 4 heteroatoms. The van der Waals surface area contributed by atoms with Gasteiger partial charge in [0.05, 0.1) is 17.6 Å². The van der Waals surface area contributed by atoms with Gasteiger partial charge < -0.3 is 10.1 Å². The quantitative estimate of drug-likeness (QED) is 0.794. The van der Waals surface area contributed by atoms with E-state index < -0.39 is 0 Å². The number of hydrogen-bond acceptors (Lipinski definition) is 3. The Balaban J connectivity index is 2.20. The molecule has 0 fully saturated rings. The van der Waals surface area contributed by atoms with Gasteiger partial charge in [0, 0.05) is 10.6 Å².